The fourth-order valence-electron chi connectivity index (χ4n) is 4.31. The molecule has 1 saturated heterocycles. The number of carbonyl (C=O) groups excluding carboxylic acids is 1. The standard InChI is InChI=1S/C25H28N2O/c1-19-8-6-9-20(16-19)17-25(28)26-18-24(27-14-4-5-15-27)23-13-7-11-21-10-2-3-12-22(21)23/h2-3,6-13,16,24H,4-5,14-15,17-18H2,1H3,(H,26,28)/t24-/m0/s1. The normalized spacial score (nSPS) is 15.6. The Morgan fingerprint density at radius 3 is 2.57 bits per heavy atom. The van der Waals surface area contributed by atoms with E-state index in [9.17, 15) is 4.79 Å². The van der Waals surface area contributed by atoms with Gasteiger partial charge in [-0.1, -0.05) is 72.3 Å². The molecule has 0 aromatic heterocycles. The monoisotopic (exact) mass is 372 g/mol. The molecule has 3 heteroatoms. The van der Waals surface area contributed by atoms with Crippen molar-refractivity contribution in [3.05, 3.63) is 83.4 Å². The number of rotatable bonds is 6. The SMILES string of the molecule is Cc1cccc(CC(=O)NC[C@@H](c2cccc3ccccc23)N2CCCC2)c1. The average molecular weight is 373 g/mol. The molecule has 0 unspecified atom stereocenters. The maximum Gasteiger partial charge on any atom is 0.224 e. The molecule has 1 aliphatic rings. The molecule has 28 heavy (non-hydrogen) atoms. The molecule has 1 atom stereocenters. The Kier molecular flexibility index (Phi) is 5.73. The number of fused-ring (bicyclic) bond motifs is 1. The first-order valence-electron chi connectivity index (χ1n) is 10.2. The number of amides is 1. The van der Waals surface area contributed by atoms with Crippen LogP contribution >= 0.6 is 0 Å². The summed E-state index contributed by atoms with van der Waals surface area (Å²) in [6, 6.07) is 23.5. The minimum absolute atomic E-state index is 0.0926. The van der Waals surface area contributed by atoms with Gasteiger partial charge in [0.1, 0.15) is 0 Å². The number of carbonyl (C=O) groups is 1. The van der Waals surface area contributed by atoms with Crippen molar-refractivity contribution in [1.29, 1.82) is 0 Å². The van der Waals surface area contributed by atoms with Gasteiger partial charge in [0.2, 0.25) is 5.91 Å². The molecular weight excluding hydrogens is 344 g/mol. The average Bonchev–Trinajstić information content (AvgIpc) is 3.23. The third kappa shape index (κ3) is 4.26. The smallest absolute Gasteiger partial charge is 0.224 e. The number of benzene rings is 3. The van der Waals surface area contributed by atoms with Gasteiger partial charge >= 0.3 is 0 Å². The summed E-state index contributed by atoms with van der Waals surface area (Å²) in [6.45, 7) is 4.91. The number of likely N-dealkylation sites (tertiary alicyclic amines) is 1. The van der Waals surface area contributed by atoms with Crippen molar-refractivity contribution in [2.24, 2.45) is 0 Å². The molecule has 0 bridgehead atoms. The van der Waals surface area contributed by atoms with Crippen LogP contribution in [0, 0.1) is 6.92 Å². The van der Waals surface area contributed by atoms with E-state index in [1.807, 2.05) is 12.1 Å². The molecule has 1 fully saturated rings. The second-order valence-corrected chi connectivity index (χ2v) is 7.80. The van der Waals surface area contributed by atoms with Gasteiger partial charge in [-0.2, -0.15) is 0 Å². The Morgan fingerprint density at radius 1 is 1.00 bits per heavy atom. The molecule has 3 aromatic carbocycles. The Balaban J connectivity index is 1.53. The predicted octanol–water partition coefficient (Wildman–Crippen LogP) is 4.64. The molecule has 0 aliphatic carbocycles. The van der Waals surface area contributed by atoms with Gasteiger partial charge in [-0.25, -0.2) is 0 Å². The van der Waals surface area contributed by atoms with E-state index in [0.29, 0.717) is 13.0 Å². The Bertz CT molecular complexity index is 954. The molecule has 1 aliphatic heterocycles. The van der Waals surface area contributed by atoms with Crippen molar-refractivity contribution in [1.82, 2.24) is 10.2 Å². The van der Waals surface area contributed by atoms with Gasteiger partial charge in [-0.3, -0.25) is 9.69 Å². The molecule has 144 valence electrons. The van der Waals surface area contributed by atoms with Crippen LogP contribution in [0.15, 0.2) is 66.7 Å². The van der Waals surface area contributed by atoms with Crippen molar-refractivity contribution < 1.29 is 4.79 Å². The fraction of sp³-hybridized carbons (Fsp3) is 0.320. The third-order valence-electron chi connectivity index (χ3n) is 5.70. The number of hydrogen-bond donors (Lipinski definition) is 1. The molecular formula is C25H28N2O. The van der Waals surface area contributed by atoms with E-state index in [1.165, 1.54) is 34.7 Å². The van der Waals surface area contributed by atoms with Gasteiger partial charge < -0.3 is 5.32 Å². The highest BCUT2D eigenvalue weighted by molar-refractivity contribution is 5.86. The van der Waals surface area contributed by atoms with E-state index in [2.05, 4.69) is 71.7 Å². The van der Waals surface area contributed by atoms with E-state index in [4.69, 9.17) is 0 Å². The van der Waals surface area contributed by atoms with Gasteiger partial charge in [0.05, 0.1) is 12.5 Å². The highest BCUT2D eigenvalue weighted by Gasteiger charge is 2.25. The Hall–Kier alpha value is -2.65. The first-order chi connectivity index (χ1) is 13.7. The van der Waals surface area contributed by atoms with Gasteiger partial charge in [0.15, 0.2) is 0 Å². The number of nitrogens with zero attached hydrogens (tertiary/aromatic N) is 1. The minimum atomic E-state index is 0.0926. The van der Waals surface area contributed by atoms with Gasteiger partial charge in [0.25, 0.3) is 0 Å². The van der Waals surface area contributed by atoms with E-state index in [1.54, 1.807) is 0 Å². The van der Waals surface area contributed by atoms with Crippen LogP contribution in [-0.4, -0.2) is 30.4 Å². The highest BCUT2D eigenvalue weighted by atomic mass is 16.1. The topological polar surface area (TPSA) is 32.3 Å². The maximum absolute atomic E-state index is 12.6. The van der Waals surface area contributed by atoms with Crippen LogP contribution in [-0.2, 0) is 11.2 Å². The van der Waals surface area contributed by atoms with Crippen LogP contribution in [0.25, 0.3) is 10.8 Å². The lowest BCUT2D eigenvalue weighted by molar-refractivity contribution is -0.120. The molecule has 0 radical (unpaired) electrons. The van der Waals surface area contributed by atoms with Crippen molar-refractivity contribution in [2.75, 3.05) is 19.6 Å². The number of hydrogen-bond acceptors (Lipinski definition) is 2. The van der Waals surface area contributed by atoms with Crippen LogP contribution in [0.2, 0.25) is 0 Å². The maximum atomic E-state index is 12.6. The van der Waals surface area contributed by atoms with Crippen molar-refractivity contribution in [3.8, 4) is 0 Å². The lowest BCUT2D eigenvalue weighted by Gasteiger charge is -2.29. The van der Waals surface area contributed by atoms with E-state index >= 15 is 0 Å². The van der Waals surface area contributed by atoms with Crippen LogP contribution in [0.5, 0.6) is 0 Å². The predicted molar refractivity (Wildman–Crippen MR) is 115 cm³/mol. The summed E-state index contributed by atoms with van der Waals surface area (Å²) in [4.78, 5) is 15.1. The van der Waals surface area contributed by atoms with Gasteiger partial charge in [-0.15, -0.1) is 0 Å². The minimum Gasteiger partial charge on any atom is -0.354 e. The molecule has 1 N–H and O–H groups in total. The van der Waals surface area contributed by atoms with Crippen molar-refractivity contribution >= 4 is 16.7 Å². The molecule has 1 heterocycles. The van der Waals surface area contributed by atoms with Crippen molar-refractivity contribution in [2.45, 2.75) is 32.2 Å². The Morgan fingerprint density at radius 2 is 1.75 bits per heavy atom. The highest BCUT2D eigenvalue weighted by Crippen LogP contribution is 2.30. The summed E-state index contributed by atoms with van der Waals surface area (Å²) in [5.41, 5.74) is 3.58. The van der Waals surface area contributed by atoms with Crippen LogP contribution < -0.4 is 5.32 Å². The summed E-state index contributed by atoms with van der Waals surface area (Å²) in [5, 5.41) is 5.76. The van der Waals surface area contributed by atoms with Gasteiger partial charge in [-0.05, 0) is 54.8 Å². The van der Waals surface area contributed by atoms with E-state index < -0.39 is 0 Å². The molecule has 1 amide bonds. The zero-order valence-corrected chi connectivity index (χ0v) is 16.5. The zero-order chi connectivity index (χ0) is 19.3. The Labute approximate surface area is 167 Å². The molecule has 0 saturated carbocycles. The van der Waals surface area contributed by atoms with Crippen molar-refractivity contribution in [3.63, 3.8) is 0 Å². The molecule has 3 aromatic rings. The number of nitrogens with one attached hydrogen (secondary N) is 1. The summed E-state index contributed by atoms with van der Waals surface area (Å²) >= 11 is 0. The summed E-state index contributed by atoms with van der Waals surface area (Å²) in [7, 11) is 0. The quantitative estimate of drug-likeness (QED) is 0.683. The molecule has 4 rings (SSSR count). The van der Waals surface area contributed by atoms with E-state index in [0.717, 1.165) is 18.7 Å². The number of aryl methyl sites for hydroxylation is 1. The molecule has 0 spiro atoms. The van der Waals surface area contributed by atoms with Crippen LogP contribution in [0.3, 0.4) is 0 Å². The summed E-state index contributed by atoms with van der Waals surface area (Å²) < 4.78 is 0. The van der Waals surface area contributed by atoms with Crippen LogP contribution in [0.4, 0.5) is 0 Å². The lowest BCUT2D eigenvalue weighted by atomic mass is 9.97. The summed E-state index contributed by atoms with van der Waals surface area (Å²) in [5.74, 6) is 0.0926. The third-order valence-corrected chi connectivity index (χ3v) is 5.70. The van der Waals surface area contributed by atoms with Gasteiger partial charge in [0, 0.05) is 6.54 Å². The lowest BCUT2D eigenvalue weighted by Crippen LogP contribution is -2.37. The second-order valence-electron chi connectivity index (χ2n) is 7.80. The van der Waals surface area contributed by atoms with Crippen LogP contribution in [0.1, 0.15) is 35.6 Å². The first kappa shape index (κ1) is 18.7. The molecule has 3 nitrogen and oxygen atoms in total. The largest absolute Gasteiger partial charge is 0.354 e. The summed E-state index contributed by atoms with van der Waals surface area (Å²) in [6.07, 6.45) is 2.90. The zero-order valence-electron chi connectivity index (χ0n) is 16.5. The van der Waals surface area contributed by atoms with E-state index in [-0.39, 0.29) is 11.9 Å². The fourth-order valence-corrected chi connectivity index (χ4v) is 4.31. The second kappa shape index (κ2) is 8.57. The first-order valence-corrected chi connectivity index (χ1v) is 10.2.